The molecule has 0 aliphatic carbocycles. The van der Waals surface area contributed by atoms with Crippen molar-refractivity contribution < 1.29 is 9.53 Å². The number of carbonyl (C=O) groups excluding carboxylic acids is 1. The van der Waals surface area contributed by atoms with Crippen LogP contribution in [0.15, 0.2) is 48.5 Å². The van der Waals surface area contributed by atoms with Crippen molar-refractivity contribution in [2.75, 3.05) is 35.2 Å². The fourth-order valence-corrected chi connectivity index (χ4v) is 4.58. The summed E-state index contributed by atoms with van der Waals surface area (Å²) in [6.45, 7) is 6.31. The van der Waals surface area contributed by atoms with Crippen LogP contribution in [0, 0.1) is 0 Å². The van der Waals surface area contributed by atoms with Gasteiger partial charge in [-0.2, -0.15) is 0 Å². The molecule has 1 saturated heterocycles. The predicted octanol–water partition coefficient (Wildman–Crippen LogP) is 3.78. The molecular formula is C24H27N5O2. The maximum absolute atomic E-state index is 12.2. The van der Waals surface area contributed by atoms with Crippen LogP contribution < -0.4 is 15.5 Å². The Morgan fingerprint density at radius 3 is 2.48 bits per heavy atom. The Hall–Kier alpha value is -3.19. The fraction of sp³-hybridized carbons (Fsp3) is 0.375. The number of para-hydroxylation sites is 3. The lowest BCUT2D eigenvalue weighted by molar-refractivity contribution is -0.116. The Kier molecular flexibility index (Phi) is 5.19. The number of nitrogens with one attached hydrogen (secondary N) is 2. The van der Waals surface area contributed by atoms with Crippen LogP contribution in [-0.4, -0.2) is 47.7 Å². The predicted molar refractivity (Wildman–Crippen MR) is 123 cm³/mol. The number of amides is 1. The molecule has 7 heteroatoms. The molecule has 3 heterocycles. The van der Waals surface area contributed by atoms with Crippen molar-refractivity contribution in [3.8, 4) is 0 Å². The average molecular weight is 418 g/mol. The maximum atomic E-state index is 12.2. The highest BCUT2D eigenvalue weighted by Crippen LogP contribution is 2.33. The molecule has 2 aliphatic heterocycles. The van der Waals surface area contributed by atoms with Crippen molar-refractivity contribution in [2.24, 2.45) is 0 Å². The van der Waals surface area contributed by atoms with Crippen LogP contribution in [0.3, 0.4) is 0 Å². The monoisotopic (exact) mass is 417 g/mol. The second-order valence-corrected chi connectivity index (χ2v) is 8.46. The summed E-state index contributed by atoms with van der Waals surface area (Å²) in [5.41, 5.74) is 3.77. The van der Waals surface area contributed by atoms with Crippen LogP contribution >= 0.6 is 0 Å². The Morgan fingerprint density at radius 2 is 1.71 bits per heavy atom. The largest absolute Gasteiger partial charge is 0.372 e. The minimum absolute atomic E-state index is 0.0474. The number of aromatic nitrogens is 2. The highest BCUT2D eigenvalue weighted by molar-refractivity contribution is 5.94. The summed E-state index contributed by atoms with van der Waals surface area (Å²) in [5.74, 6) is 1.72. The van der Waals surface area contributed by atoms with Crippen molar-refractivity contribution >= 4 is 34.3 Å². The van der Waals surface area contributed by atoms with Crippen molar-refractivity contribution in [1.29, 1.82) is 0 Å². The van der Waals surface area contributed by atoms with E-state index in [4.69, 9.17) is 14.7 Å². The van der Waals surface area contributed by atoms with Crippen LogP contribution in [0.5, 0.6) is 0 Å². The zero-order valence-corrected chi connectivity index (χ0v) is 17.8. The van der Waals surface area contributed by atoms with Gasteiger partial charge in [-0.3, -0.25) is 4.79 Å². The third-order valence-corrected chi connectivity index (χ3v) is 5.89. The topological polar surface area (TPSA) is 79.4 Å². The van der Waals surface area contributed by atoms with Gasteiger partial charge in [-0.25, -0.2) is 9.97 Å². The molecule has 1 aromatic heterocycles. The van der Waals surface area contributed by atoms with Gasteiger partial charge in [0.1, 0.15) is 0 Å². The van der Waals surface area contributed by atoms with Crippen molar-refractivity contribution in [3.63, 3.8) is 0 Å². The van der Waals surface area contributed by atoms with Crippen LogP contribution in [-0.2, 0) is 9.53 Å². The molecule has 0 saturated carbocycles. The minimum atomic E-state index is 0.0474. The zero-order valence-electron chi connectivity index (χ0n) is 17.8. The zero-order chi connectivity index (χ0) is 21.4. The van der Waals surface area contributed by atoms with Gasteiger partial charge in [-0.1, -0.05) is 30.3 Å². The molecule has 1 fully saturated rings. The van der Waals surface area contributed by atoms with E-state index in [1.165, 1.54) is 0 Å². The molecule has 7 nitrogen and oxygen atoms in total. The number of morpholine rings is 1. The summed E-state index contributed by atoms with van der Waals surface area (Å²) in [4.78, 5) is 24.3. The summed E-state index contributed by atoms with van der Waals surface area (Å²) in [6, 6.07) is 15.9. The Bertz CT molecular complexity index is 1110. The van der Waals surface area contributed by atoms with Crippen molar-refractivity contribution in [1.82, 2.24) is 9.97 Å². The van der Waals surface area contributed by atoms with E-state index in [9.17, 15) is 4.79 Å². The molecule has 160 valence electrons. The van der Waals surface area contributed by atoms with E-state index in [1.54, 1.807) is 0 Å². The summed E-state index contributed by atoms with van der Waals surface area (Å²) >= 11 is 0. The van der Waals surface area contributed by atoms with Crippen LogP contribution in [0.1, 0.15) is 31.7 Å². The third kappa shape index (κ3) is 4.05. The van der Waals surface area contributed by atoms with Gasteiger partial charge in [-0.05, 0) is 37.6 Å². The smallest absolute Gasteiger partial charge is 0.225 e. The molecule has 3 atom stereocenters. The molecule has 0 radical (unpaired) electrons. The molecule has 3 aromatic rings. The molecule has 5 rings (SSSR count). The van der Waals surface area contributed by atoms with E-state index < -0.39 is 0 Å². The SMILES string of the molecule is CC1CN(c2nc3ccccc3nc2NCC2CC(=O)Nc3ccccc32)CC(C)O1. The quantitative estimate of drug-likeness (QED) is 0.673. The molecular weight excluding hydrogens is 390 g/mol. The number of ether oxygens (including phenoxy) is 1. The first-order chi connectivity index (χ1) is 15.1. The lowest BCUT2D eigenvalue weighted by Crippen LogP contribution is -2.46. The standard InChI is InChI=1S/C24H27N5O2/c1-15-13-29(14-16(2)31-15)24-23(27-20-9-5-6-10-21(20)28-24)25-12-17-11-22(30)26-19-8-4-3-7-18(17)19/h3-10,15-17H,11-14H2,1-2H3,(H,25,27)(H,26,30). The van der Waals surface area contributed by atoms with Gasteiger partial charge < -0.3 is 20.3 Å². The number of anilines is 3. The summed E-state index contributed by atoms with van der Waals surface area (Å²) in [6.07, 6.45) is 0.698. The second kappa shape index (κ2) is 8.15. The van der Waals surface area contributed by atoms with Gasteiger partial charge in [0.25, 0.3) is 0 Å². The molecule has 1 amide bonds. The van der Waals surface area contributed by atoms with E-state index in [0.717, 1.165) is 47.0 Å². The number of fused-ring (bicyclic) bond motifs is 2. The van der Waals surface area contributed by atoms with Crippen LogP contribution in [0.25, 0.3) is 11.0 Å². The first-order valence-corrected chi connectivity index (χ1v) is 10.9. The van der Waals surface area contributed by atoms with Gasteiger partial charge in [0.15, 0.2) is 11.6 Å². The highest BCUT2D eigenvalue weighted by Gasteiger charge is 2.28. The summed E-state index contributed by atoms with van der Waals surface area (Å²) in [7, 11) is 0. The molecule has 31 heavy (non-hydrogen) atoms. The Labute approximate surface area is 181 Å². The van der Waals surface area contributed by atoms with Gasteiger partial charge in [-0.15, -0.1) is 0 Å². The van der Waals surface area contributed by atoms with E-state index >= 15 is 0 Å². The fourth-order valence-electron chi connectivity index (χ4n) is 4.58. The number of carbonyl (C=O) groups is 1. The maximum Gasteiger partial charge on any atom is 0.225 e. The van der Waals surface area contributed by atoms with E-state index in [-0.39, 0.29) is 24.0 Å². The Morgan fingerprint density at radius 1 is 1.03 bits per heavy atom. The molecule has 3 unspecified atom stereocenters. The van der Waals surface area contributed by atoms with E-state index in [0.29, 0.717) is 13.0 Å². The number of benzene rings is 2. The van der Waals surface area contributed by atoms with Crippen LogP contribution in [0.2, 0.25) is 0 Å². The van der Waals surface area contributed by atoms with E-state index in [2.05, 4.69) is 35.4 Å². The summed E-state index contributed by atoms with van der Waals surface area (Å²) in [5, 5.41) is 6.50. The number of rotatable bonds is 4. The Balaban J connectivity index is 1.47. The number of nitrogens with zero attached hydrogens (tertiary/aromatic N) is 3. The lowest BCUT2D eigenvalue weighted by Gasteiger charge is -2.37. The third-order valence-electron chi connectivity index (χ3n) is 5.89. The highest BCUT2D eigenvalue weighted by atomic mass is 16.5. The molecule has 2 aliphatic rings. The minimum Gasteiger partial charge on any atom is -0.372 e. The first-order valence-electron chi connectivity index (χ1n) is 10.9. The molecule has 2 aromatic carbocycles. The van der Waals surface area contributed by atoms with Gasteiger partial charge >= 0.3 is 0 Å². The number of hydrogen-bond donors (Lipinski definition) is 2. The van der Waals surface area contributed by atoms with Gasteiger partial charge in [0.2, 0.25) is 5.91 Å². The normalized spacial score (nSPS) is 23.4. The van der Waals surface area contributed by atoms with Crippen molar-refractivity contribution in [3.05, 3.63) is 54.1 Å². The van der Waals surface area contributed by atoms with Crippen molar-refractivity contribution in [2.45, 2.75) is 38.4 Å². The summed E-state index contributed by atoms with van der Waals surface area (Å²) < 4.78 is 5.92. The molecule has 2 N–H and O–H groups in total. The van der Waals surface area contributed by atoms with E-state index in [1.807, 2.05) is 42.5 Å². The molecule has 0 spiro atoms. The van der Waals surface area contributed by atoms with Crippen LogP contribution in [0.4, 0.5) is 17.3 Å². The van der Waals surface area contributed by atoms with Gasteiger partial charge in [0.05, 0.1) is 23.2 Å². The lowest BCUT2D eigenvalue weighted by atomic mass is 9.90. The van der Waals surface area contributed by atoms with Gasteiger partial charge in [0, 0.05) is 37.7 Å². The average Bonchev–Trinajstić information content (AvgIpc) is 2.76. The molecule has 0 bridgehead atoms. The first kappa shape index (κ1) is 19.8. The number of hydrogen-bond acceptors (Lipinski definition) is 6. The second-order valence-electron chi connectivity index (χ2n) is 8.46.